The Morgan fingerprint density at radius 2 is 2.04 bits per heavy atom. The van der Waals surface area contributed by atoms with E-state index in [2.05, 4.69) is 26.3 Å². The third kappa shape index (κ3) is 2.55. The van der Waals surface area contributed by atoms with Crippen molar-refractivity contribution < 1.29 is 5.11 Å². The second-order valence-electron chi connectivity index (χ2n) is 6.23. The molecular formula is C18H19N5O. The van der Waals surface area contributed by atoms with E-state index >= 15 is 0 Å². The smallest absolute Gasteiger partial charge is 0.166 e. The Morgan fingerprint density at radius 1 is 1.17 bits per heavy atom. The maximum Gasteiger partial charge on any atom is 0.166 e. The fourth-order valence-electron chi connectivity index (χ4n) is 3.41. The van der Waals surface area contributed by atoms with Gasteiger partial charge in [-0.2, -0.15) is 0 Å². The highest BCUT2D eigenvalue weighted by molar-refractivity contribution is 5.87. The average molecular weight is 321 g/mol. The van der Waals surface area contributed by atoms with E-state index in [1.165, 1.54) is 11.9 Å². The fourth-order valence-corrected chi connectivity index (χ4v) is 3.41. The third-order valence-corrected chi connectivity index (χ3v) is 4.62. The van der Waals surface area contributed by atoms with Crippen LogP contribution in [0.2, 0.25) is 0 Å². The van der Waals surface area contributed by atoms with Gasteiger partial charge in [-0.25, -0.2) is 15.0 Å². The van der Waals surface area contributed by atoms with Crippen molar-refractivity contribution in [2.75, 3.05) is 17.6 Å². The lowest BCUT2D eigenvalue weighted by Gasteiger charge is -2.34. The number of aromatic nitrogens is 3. The minimum Gasteiger partial charge on any atom is -0.384 e. The van der Waals surface area contributed by atoms with Crippen LogP contribution in [-0.4, -0.2) is 26.6 Å². The van der Waals surface area contributed by atoms with Crippen molar-refractivity contribution in [3.63, 3.8) is 0 Å². The molecule has 0 bridgehead atoms. The molecule has 6 nitrogen and oxygen atoms in total. The number of hydrogen-bond donors (Lipinski definition) is 3. The fraction of sp³-hybridized carbons (Fsp3) is 0.278. The summed E-state index contributed by atoms with van der Waals surface area (Å²) in [7, 11) is 0. The van der Waals surface area contributed by atoms with Crippen molar-refractivity contribution >= 4 is 22.7 Å². The Morgan fingerprint density at radius 3 is 2.96 bits per heavy atom. The van der Waals surface area contributed by atoms with Gasteiger partial charge in [-0.15, -0.1) is 0 Å². The van der Waals surface area contributed by atoms with Crippen molar-refractivity contribution in [3.8, 4) is 0 Å². The summed E-state index contributed by atoms with van der Waals surface area (Å²) in [6.07, 6.45) is 4.16. The first-order valence-corrected chi connectivity index (χ1v) is 8.08. The molecule has 0 saturated carbocycles. The van der Waals surface area contributed by atoms with Gasteiger partial charge in [-0.05, 0) is 42.5 Å². The van der Waals surface area contributed by atoms with Crippen molar-refractivity contribution in [2.45, 2.75) is 24.9 Å². The molecule has 4 N–H and O–H groups in total. The van der Waals surface area contributed by atoms with Crippen LogP contribution in [0.4, 0.5) is 11.6 Å². The molecule has 1 aromatic carbocycles. The van der Waals surface area contributed by atoms with Gasteiger partial charge in [0.05, 0.1) is 5.39 Å². The molecular weight excluding hydrogens is 302 g/mol. The Bertz CT molecular complexity index is 897. The van der Waals surface area contributed by atoms with Gasteiger partial charge in [-0.3, -0.25) is 0 Å². The Kier molecular flexibility index (Phi) is 3.54. The van der Waals surface area contributed by atoms with E-state index in [9.17, 15) is 5.11 Å². The molecule has 1 aliphatic carbocycles. The van der Waals surface area contributed by atoms with E-state index in [4.69, 9.17) is 5.73 Å². The SMILES string of the molecule is Nc1ccc2c(NC[C@@]3(O)CCCc4ccccc43)ncnc2n1. The number of nitrogens with one attached hydrogen (secondary N) is 1. The minimum atomic E-state index is -0.895. The summed E-state index contributed by atoms with van der Waals surface area (Å²) in [6.45, 7) is 0.389. The Hall–Kier alpha value is -2.73. The van der Waals surface area contributed by atoms with Crippen LogP contribution in [0.3, 0.4) is 0 Å². The van der Waals surface area contributed by atoms with Crippen LogP contribution in [0.1, 0.15) is 24.0 Å². The number of fused-ring (bicyclic) bond motifs is 2. The van der Waals surface area contributed by atoms with Crippen LogP contribution < -0.4 is 11.1 Å². The number of hydrogen-bond acceptors (Lipinski definition) is 6. The van der Waals surface area contributed by atoms with Crippen LogP contribution in [-0.2, 0) is 12.0 Å². The number of aliphatic hydroxyl groups is 1. The molecule has 2 aromatic heterocycles. The lowest BCUT2D eigenvalue weighted by Crippen LogP contribution is -2.37. The molecule has 4 rings (SSSR count). The molecule has 0 amide bonds. The Labute approximate surface area is 139 Å². The largest absolute Gasteiger partial charge is 0.384 e. The highest BCUT2D eigenvalue weighted by atomic mass is 16.3. The second kappa shape index (κ2) is 5.72. The number of nitrogens with two attached hydrogens (primary N) is 1. The molecule has 2 heterocycles. The highest BCUT2D eigenvalue weighted by Gasteiger charge is 2.34. The van der Waals surface area contributed by atoms with E-state index in [0.717, 1.165) is 30.2 Å². The summed E-state index contributed by atoms with van der Waals surface area (Å²) in [6, 6.07) is 11.7. The summed E-state index contributed by atoms with van der Waals surface area (Å²) in [5.74, 6) is 1.08. The average Bonchev–Trinajstić information content (AvgIpc) is 2.60. The van der Waals surface area contributed by atoms with E-state index in [0.29, 0.717) is 23.8 Å². The number of nitrogens with zero attached hydrogens (tertiary/aromatic N) is 3. The van der Waals surface area contributed by atoms with Gasteiger partial charge in [0.15, 0.2) is 5.65 Å². The molecule has 0 unspecified atom stereocenters. The van der Waals surface area contributed by atoms with Crippen LogP contribution in [0.15, 0.2) is 42.7 Å². The number of rotatable bonds is 3. The van der Waals surface area contributed by atoms with Gasteiger partial charge < -0.3 is 16.2 Å². The maximum atomic E-state index is 11.2. The third-order valence-electron chi connectivity index (χ3n) is 4.62. The molecule has 122 valence electrons. The summed E-state index contributed by atoms with van der Waals surface area (Å²) < 4.78 is 0. The first kappa shape index (κ1) is 14.8. The number of nitrogen functional groups attached to an aromatic ring is 1. The van der Waals surface area contributed by atoms with Gasteiger partial charge in [0.1, 0.15) is 23.6 Å². The van der Waals surface area contributed by atoms with Gasteiger partial charge in [-0.1, -0.05) is 24.3 Å². The normalized spacial score (nSPS) is 19.9. The molecule has 24 heavy (non-hydrogen) atoms. The van der Waals surface area contributed by atoms with Crippen LogP contribution in [0, 0.1) is 0 Å². The summed E-state index contributed by atoms with van der Waals surface area (Å²) in [4.78, 5) is 12.6. The van der Waals surface area contributed by atoms with Crippen molar-refractivity contribution in [1.29, 1.82) is 0 Å². The van der Waals surface area contributed by atoms with E-state index < -0.39 is 5.60 Å². The lowest BCUT2D eigenvalue weighted by atomic mass is 9.79. The molecule has 0 aliphatic heterocycles. The lowest BCUT2D eigenvalue weighted by molar-refractivity contribution is 0.0322. The minimum absolute atomic E-state index is 0.389. The number of benzene rings is 1. The Balaban J connectivity index is 1.64. The monoisotopic (exact) mass is 321 g/mol. The number of aryl methyl sites for hydroxylation is 1. The topological polar surface area (TPSA) is 97.0 Å². The summed E-state index contributed by atoms with van der Waals surface area (Å²) in [5, 5.41) is 15.2. The van der Waals surface area contributed by atoms with Crippen LogP contribution in [0.5, 0.6) is 0 Å². The molecule has 0 fully saturated rings. The maximum absolute atomic E-state index is 11.2. The standard InChI is InChI=1S/C18H19N5O/c19-15-8-7-13-16(21-11-22-17(13)23-15)20-10-18(24)9-3-5-12-4-1-2-6-14(12)18/h1-2,4,6-8,11,24H,3,5,9-10H2,(H3,19,20,21,22,23)/t18-/m0/s1. The zero-order chi connectivity index (χ0) is 16.6. The van der Waals surface area contributed by atoms with Gasteiger partial charge in [0, 0.05) is 6.54 Å². The molecule has 0 radical (unpaired) electrons. The van der Waals surface area contributed by atoms with Crippen molar-refractivity contribution in [2.24, 2.45) is 0 Å². The van der Waals surface area contributed by atoms with E-state index in [1.54, 1.807) is 6.07 Å². The van der Waals surface area contributed by atoms with E-state index in [-0.39, 0.29) is 0 Å². The molecule has 1 atom stereocenters. The first-order chi connectivity index (χ1) is 11.7. The predicted octanol–water partition coefficient (Wildman–Crippen LogP) is 2.24. The summed E-state index contributed by atoms with van der Waals surface area (Å²) in [5.41, 5.74) is 7.58. The van der Waals surface area contributed by atoms with Crippen LogP contribution in [0.25, 0.3) is 11.0 Å². The predicted molar refractivity (Wildman–Crippen MR) is 93.5 cm³/mol. The quantitative estimate of drug-likeness (QED) is 0.684. The van der Waals surface area contributed by atoms with Crippen molar-refractivity contribution in [1.82, 2.24) is 15.0 Å². The van der Waals surface area contributed by atoms with Gasteiger partial charge in [0.2, 0.25) is 0 Å². The van der Waals surface area contributed by atoms with E-state index in [1.807, 2.05) is 24.3 Å². The van der Waals surface area contributed by atoms with Crippen molar-refractivity contribution in [3.05, 3.63) is 53.9 Å². The molecule has 0 saturated heterocycles. The molecule has 1 aliphatic rings. The number of pyridine rings is 1. The highest BCUT2D eigenvalue weighted by Crippen LogP contribution is 2.35. The van der Waals surface area contributed by atoms with Crippen LogP contribution >= 0.6 is 0 Å². The van der Waals surface area contributed by atoms with Gasteiger partial charge >= 0.3 is 0 Å². The van der Waals surface area contributed by atoms with Gasteiger partial charge in [0.25, 0.3) is 0 Å². The summed E-state index contributed by atoms with van der Waals surface area (Å²) >= 11 is 0. The molecule has 3 aromatic rings. The second-order valence-corrected chi connectivity index (χ2v) is 6.23. The zero-order valence-corrected chi connectivity index (χ0v) is 13.2. The zero-order valence-electron chi connectivity index (χ0n) is 13.2. The first-order valence-electron chi connectivity index (χ1n) is 8.08. The molecule has 0 spiro atoms. The molecule has 6 heteroatoms. The number of anilines is 2.